The zero-order chi connectivity index (χ0) is 22.0. The summed E-state index contributed by atoms with van der Waals surface area (Å²) in [5, 5.41) is 0.499. The van der Waals surface area contributed by atoms with Gasteiger partial charge >= 0.3 is 5.97 Å². The summed E-state index contributed by atoms with van der Waals surface area (Å²) in [6.45, 7) is 10.6. The molecule has 0 atom stereocenters. The molecule has 156 valence electrons. The minimum atomic E-state index is -0.599. The van der Waals surface area contributed by atoms with Gasteiger partial charge in [0.25, 0.3) is 0 Å². The fraction of sp³-hybridized carbons (Fsp3) is 0.240. The standard InChI is InChI=1S/C25H24Cl2O3/c1-6-29-20-12-10-14(2)16(4)22(20)23-17(5)15(3)11-13-21(23)30-25(28)24-18(26)8-7-9-19(24)27/h7-13H,6H2,1-5H3. The van der Waals surface area contributed by atoms with Gasteiger partial charge in [-0.3, -0.25) is 0 Å². The number of hydrogen-bond acceptors (Lipinski definition) is 3. The predicted molar refractivity (Wildman–Crippen MR) is 123 cm³/mol. The Labute approximate surface area is 187 Å². The number of carbonyl (C=O) groups is 1. The molecule has 0 fully saturated rings. The van der Waals surface area contributed by atoms with Crippen LogP contribution >= 0.6 is 23.2 Å². The van der Waals surface area contributed by atoms with E-state index >= 15 is 0 Å². The van der Waals surface area contributed by atoms with Crippen LogP contribution in [-0.4, -0.2) is 12.6 Å². The third-order valence-electron chi connectivity index (χ3n) is 5.31. The van der Waals surface area contributed by atoms with Crippen LogP contribution in [0, 0.1) is 27.7 Å². The van der Waals surface area contributed by atoms with Crippen molar-refractivity contribution in [2.24, 2.45) is 0 Å². The summed E-state index contributed by atoms with van der Waals surface area (Å²) in [7, 11) is 0. The van der Waals surface area contributed by atoms with E-state index in [9.17, 15) is 4.79 Å². The second-order valence-electron chi connectivity index (χ2n) is 7.18. The maximum absolute atomic E-state index is 13.0. The molecule has 0 aliphatic heterocycles. The van der Waals surface area contributed by atoms with Crippen molar-refractivity contribution in [3.05, 3.63) is 80.3 Å². The van der Waals surface area contributed by atoms with Gasteiger partial charge in [0.1, 0.15) is 11.5 Å². The molecule has 0 heterocycles. The number of rotatable bonds is 5. The molecule has 0 unspecified atom stereocenters. The van der Waals surface area contributed by atoms with Crippen molar-refractivity contribution >= 4 is 29.2 Å². The Balaban J connectivity index is 2.20. The zero-order valence-electron chi connectivity index (χ0n) is 17.7. The molecule has 0 spiro atoms. The van der Waals surface area contributed by atoms with Crippen LogP contribution in [0.2, 0.25) is 10.0 Å². The molecule has 0 bridgehead atoms. The molecule has 0 aromatic heterocycles. The van der Waals surface area contributed by atoms with Crippen molar-refractivity contribution in [1.29, 1.82) is 0 Å². The van der Waals surface area contributed by atoms with Gasteiger partial charge in [-0.15, -0.1) is 0 Å². The third-order valence-corrected chi connectivity index (χ3v) is 5.94. The van der Waals surface area contributed by atoms with Gasteiger partial charge in [-0.2, -0.15) is 0 Å². The second kappa shape index (κ2) is 9.11. The number of hydrogen-bond donors (Lipinski definition) is 0. The molecule has 5 heteroatoms. The lowest BCUT2D eigenvalue weighted by Gasteiger charge is -2.21. The molecule has 3 nitrogen and oxygen atoms in total. The number of halogens is 2. The van der Waals surface area contributed by atoms with Crippen LogP contribution in [0.25, 0.3) is 11.1 Å². The summed E-state index contributed by atoms with van der Waals surface area (Å²) in [5.74, 6) is 0.592. The molecule has 0 aliphatic rings. The molecule has 30 heavy (non-hydrogen) atoms. The number of benzene rings is 3. The average molecular weight is 443 g/mol. The molecule has 0 saturated carbocycles. The highest BCUT2D eigenvalue weighted by Gasteiger charge is 2.23. The van der Waals surface area contributed by atoms with E-state index in [1.165, 1.54) is 0 Å². The molecule has 3 rings (SSSR count). The van der Waals surface area contributed by atoms with E-state index in [-0.39, 0.29) is 15.6 Å². The third kappa shape index (κ3) is 4.19. The van der Waals surface area contributed by atoms with Crippen molar-refractivity contribution in [1.82, 2.24) is 0 Å². The lowest BCUT2D eigenvalue weighted by molar-refractivity contribution is 0.0736. The van der Waals surface area contributed by atoms with E-state index in [4.69, 9.17) is 32.7 Å². The van der Waals surface area contributed by atoms with Gasteiger partial charge in [0.05, 0.1) is 22.2 Å². The normalized spacial score (nSPS) is 10.8. The Morgan fingerprint density at radius 3 is 1.83 bits per heavy atom. The molecule has 3 aromatic rings. The van der Waals surface area contributed by atoms with Gasteiger partial charge in [-0.1, -0.05) is 41.4 Å². The summed E-state index contributed by atoms with van der Waals surface area (Å²) in [6.07, 6.45) is 0. The van der Waals surface area contributed by atoms with Crippen LogP contribution < -0.4 is 9.47 Å². The maximum Gasteiger partial charge on any atom is 0.346 e. The van der Waals surface area contributed by atoms with Gasteiger partial charge in [0.15, 0.2) is 0 Å². The maximum atomic E-state index is 13.0. The van der Waals surface area contributed by atoms with Gasteiger partial charge in [-0.05, 0) is 81.1 Å². The van der Waals surface area contributed by atoms with Crippen LogP contribution in [0.15, 0.2) is 42.5 Å². The van der Waals surface area contributed by atoms with Crippen molar-refractivity contribution in [2.75, 3.05) is 6.61 Å². The molecular formula is C25H24Cl2O3. The highest BCUT2D eigenvalue weighted by molar-refractivity contribution is 6.39. The summed E-state index contributed by atoms with van der Waals surface area (Å²) in [5.41, 5.74) is 6.20. The molecule has 0 amide bonds. The van der Waals surface area contributed by atoms with Gasteiger partial charge in [-0.25, -0.2) is 4.79 Å². The van der Waals surface area contributed by atoms with E-state index in [1.54, 1.807) is 24.3 Å². The molecule has 0 radical (unpaired) electrons. The highest BCUT2D eigenvalue weighted by atomic mass is 35.5. The Kier molecular flexibility index (Phi) is 6.74. The Morgan fingerprint density at radius 2 is 1.30 bits per heavy atom. The van der Waals surface area contributed by atoms with Gasteiger partial charge in [0, 0.05) is 11.1 Å². The van der Waals surface area contributed by atoms with Gasteiger partial charge < -0.3 is 9.47 Å². The largest absolute Gasteiger partial charge is 0.493 e. The first-order chi connectivity index (χ1) is 14.3. The van der Waals surface area contributed by atoms with E-state index in [1.807, 2.05) is 45.9 Å². The summed E-state index contributed by atoms with van der Waals surface area (Å²) >= 11 is 12.4. The van der Waals surface area contributed by atoms with E-state index in [2.05, 4.69) is 6.92 Å². The van der Waals surface area contributed by atoms with Gasteiger partial charge in [0.2, 0.25) is 0 Å². The van der Waals surface area contributed by atoms with E-state index in [0.29, 0.717) is 12.4 Å². The van der Waals surface area contributed by atoms with Crippen molar-refractivity contribution < 1.29 is 14.3 Å². The minimum Gasteiger partial charge on any atom is -0.493 e. The molecule has 0 N–H and O–H groups in total. The molecule has 0 saturated heterocycles. The molecule has 0 aliphatic carbocycles. The second-order valence-corrected chi connectivity index (χ2v) is 7.99. The van der Waals surface area contributed by atoms with Crippen LogP contribution in [-0.2, 0) is 0 Å². The quantitative estimate of drug-likeness (QED) is 0.302. The first kappa shape index (κ1) is 22.2. The zero-order valence-corrected chi connectivity index (χ0v) is 19.2. The van der Waals surface area contributed by atoms with Crippen LogP contribution in [0.4, 0.5) is 0 Å². The van der Waals surface area contributed by atoms with Crippen LogP contribution in [0.1, 0.15) is 39.5 Å². The summed E-state index contributed by atoms with van der Waals surface area (Å²) in [4.78, 5) is 13.0. The molecule has 3 aromatic carbocycles. The SMILES string of the molecule is CCOc1ccc(C)c(C)c1-c1c(OC(=O)c2c(Cl)cccc2Cl)ccc(C)c1C. The number of aryl methyl sites for hydroxylation is 2. The molecular weight excluding hydrogens is 419 g/mol. The van der Waals surface area contributed by atoms with Crippen molar-refractivity contribution in [2.45, 2.75) is 34.6 Å². The smallest absolute Gasteiger partial charge is 0.346 e. The average Bonchev–Trinajstić information content (AvgIpc) is 2.69. The van der Waals surface area contributed by atoms with Crippen LogP contribution in [0.5, 0.6) is 11.5 Å². The fourth-order valence-corrected chi connectivity index (χ4v) is 3.96. The predicted octanol–water partition coefficient (Wildman–Crippen LogP) is 7.51. The summed E-state index contributed by atoms with van der Waals surface area (Å²) in [6, 6.07) is 12.6. The summed E-state index contributed by atoms with van der Waals surface area (Å²) < 4.78 is 11.8. The lowest BCUT2D eigenvalue weighted by atomic mass is 9.90. The topological polar surface area (TPSA) is 35.5 Å². The monoisotopic (exact) mass is 442 g/mol. The van der Waals surface area contributed by atoms with Crippen molar-refractivity contribution in [3.8, 4) is 22.6 Å². The van der Waals surface area contributed by atoms with Crippen LogP contribution in [0.3, 0.4) is 0 Å². The van der Waals surface area contributed by atoms with Crippen molar-refractivity contribution in [3.63, 3.8) is 0 Å². The first-order valence-electron chi connectivity index (χ1n) is 9.76. The van der Waals surface area contributed by atoms with E-state index < -0.39 is 5.97 Å². The Bertz CT molecular complexity index is 1100. The minimum absolute atomic E-state index is 0.149. The number of esters is 1. The Morgan fingerprint density at radius 1 is 0.800 bits per heavy atom. The highest BCUT2D eigenvalue weighted by Crippen LogP contribution is 2.43. The lowest BCUT2D eigenvalue weighted by Crippen LogP contribution is -2.12. The fourth-order valence-electron chi connectivity index (χ4n) is 3.41. The van der Waals surface area contributed by atoms with E-state index in [0.717, 1.165) is 39.1 Å². The number of carbonyl (C=O) groups excluding carboxylic acids is 1. The first-order valence-corrected chi connectivity index (χ1v) is 10.5. The Hall–Kier alpha value is -2.49. The number of ether oxygens (including phenoxy) is 2.